The molecule has 5 rings (SSSR count). The minimum absolute atomic E-state index is 0.306. The number of ether oxygens (including phenoxy) is 1. The summed E-state index contributed by atoms with van der Waals surface area (Å²) in [6.07, 6.45) is 3.66. The maximum absolute atomic E-state index is 6.32. The van der Waals surface area contributed by atoms with Gasteiger partial charge in [-0.05, 0) is 49.6 Å². The number of rotatable bonds is 4. The van der Waals surface area contributed by atoms with Gasteiger partial charge in [0.2, 0.25) is 0 Å². The van der Waals surface area contributed by atoms with Crippen LogP contribution >= 0.6 is 23.2 Å². The van der Waals surface area contributed by atoms with Crippen LogP contribution in [0, 0.1) is 6.92 Å². The molecule has 0 radical (unpaired) electrons. The minimum Gasteiger partial charge on any atom is -0.496 e. The molecule has 0 saturated carbocycles. The van der Waals surface area contributed by atoms with Gasteiger partial charge in [0.25, 0.3) is 0 Å². The van der Waals surface area contributed by atoms with Gasteiger partial charge in [-0.2, -0.15) is 0 Å². The van der Waals surface area contributed by atoms with E-state index in [4.69, 9.17) is 32.4 Å². The third-order valence-corrected chi connectivity index (χ3v) is 6.95. The van der Waals surface area contributed by atoms with E-state index in [9.17, 15) is 0 Å². The average molecular weight is 469 g/mol. The lowest BCUT2D eigenvalue weighted by Crippen LogP contribution is -2.32. The van der Waals surface area contributed by atoms with Crippen LogP contribution < -0.4 is 4.74 Å². The molecule has 0 saturated heterocycles. The molecule has 1 aliphatic rings. The van der Waals surface area contributed by atoms with Crippen LogP contribution in [-0.4, -0.2) is 26.9 Å². The molecular weight excluding hydrogens is 447 g/mol. The number of halogens is 2. The standard InChI is InChI=1S/C24H22Cl2N4O2/c1-14-27-13-21(32-14)17-7-5-15(11-20(17)31-3)22-28-29-23-24(2,9-4-10-30(22)23)16-6-8-18(25)19(26)12-16/h5-8,11-13H,4,9-10H2,1-3H3. The highest BCUT2D eigenvalue weighted by molar-refractivity contribution is 6.42. The summed E-state index contributed by atoms with van der Waals surface area (Å²) in [5, 5.41) is 10.3. The number of aryl methyl sites for hydroxylation is 1. The summed E-state index contributed by atoms with van der Waals surface area (Å²) in [4.78, 5) is 4.19. The van der Waals surface area contributed by atoms with Crippen LogP contribution in [0.2, 0.25) is 10.0 Å². The van der Waals surface area contributed by atoms with Crippen molar-refractivity contribution < 1.29 is 9.15 Å². The first-order valence-corrected chi connectivity index (χ1v) is 11.2. The van der Waals surface area contributed by atoms with Gasteiger partial charge >= 0.3 is 0 Å². The van der Waals surface area contributed by atoms with Crippen LogP contribution in [-0.2, 0) is 12.0 Å². The first-order valence-electron chi connectivity index (χ1n) is 10.4. The van der Waals surface area contributed by atoms with Gasteiger partial charge in [0, 0.05) is 19.0 Å². The molecule has 0 bridgehead atoms. The lowest BCUT2D eigenvalue weighted by atomic mass is 9.76. The highest BCUT2D eigenvalue weighted by Gasteiger charge is 2.38. The maximum atomic E-state index is 6.32. The number of oxazole rings is 1. The van der Waals surface area contributed by atoms with E-state index >= 15 is 0 Å². The molecule has 1 unspecified atom stereocenters. The van der Waals surface area contributed by atoms with Crippen molar-refractivity contribution in [2.24, 2.45) is 0 Å². The van der Waals surface area contributed by atoms with Crippen molar-refractivity contribution in [2.75, 3.05) is 7.11 Å². The third-order valence-electron chi connectivity index (χ3n) is 6.21. The lowest BCUT2D eigenvalue weighted by Gasteiger charge is -2.34. The Balaban J connectivity index is 1.58. The van der Waals surface area contributed by atoms with Crippen molar-refractivity contribution in [3.05, 3.63) is 69.9 Å². The summed E-state index contributed by atoms with van der Waals surface area (Å²) in [5.41, 5.74) is 2.55. The second-order valence-electron chi connectivity index (χ2n) is 8.22. The highest BCUT2D eigenvalue weighted by Crippen LogP contribution is 2.42. The molecule has 4 aromatic rings. The van der Waals surface area contributed by atoms with Crippen molar-refractivity contribution in [3.8, 4) is 28.5 Å². The predicted molar refractivity (Wildman–Crippen MR) is 124 cm³/mol. The highest BCUT2D eigenvalue weighted by atomic mass is 35.5. The van der Waals surface area contributed by atoms with Crippen molar-refractivity contribution in [1.29, 1.82) is 0 Å². The summed E-state index contributed by atoms with van der Waals surface area (Å²) in [6.45, 7) is 4.85. The number of nitrogens with zero attached hydrogens (tertiary/aromatic N) is 4. The SMILES string of the molecule is COc1cc(-c2nnc3n2CCCC3(C)c2ccc(Cl)c(Cl)c2)ccc1-c1cnc(C)o1. The van der Waals surface area contributed by atoms with E-state index < -0.39 is 0 Å². The van der Waals surface area contributed by atoms with Gasteiger partial charge in [0.1, 0.15) is 11.6 Å². The molecule has 2 aromatic heterocycles. The first-order chi connectivity index (χ1) is 15.4. The minimum atomic E-state index is -0.306. The summed E-state index contributed by atoms with van der Waals surface area (Å²) in [7, 11) is 1.65. The number of benzene rings is 2. The number of aromatic nitrogens is 4. The van der Waals surface area contributed by atoms with Crippen LogP contribution in [0.5, 0.6) is 5.75 Å². The van der Waals surface area contributed by atoms with E-state index in [1.54, 1.807) is 13.3 Å². The second-order valence-corrected chi connectivity index (χ2v) is 9.04. The molecule has 32 heavy (non-hydrogen) atoms. The zero-order chi connectivity index (χ0) is 22.5. The molecule has 1 atom stereocenters. The smallest absolute Gasteiger partial charge is 0.191 e. The van der Waals surface area contributed by atoms with Gasteiger partial charge in [-0.25, -0.2) is 4.98 Å². The predicted octanol–water partition coefficient (Wildman–Crippen LogP) is 6.32. The molecule has 0 aliphatic carbocycles. The van der Waals surface area contributed by atoms with Crippen molar-refractivity contribution in [3.63, 3.8) is 0 Å². The summed E-state index contributed by atoms with van der Waals surface area (Å²) in [6, 6.07) is 11.8. The van der Waals surface area contributed by atoms with Crippen LogP contribution in [0.3, 0.4) is 0 Å². The molecule has 1 aliphatic heterocycles. The van der Waals surface area contributed by atoms with Gasteiger partial charge in [0.15, 0.2) is 17.5 Å². The Morgan fingerprint density at radius 3 is 2.66 bits per heavy atom. The zero-order valence-corrected chi connectivity index (χ0v) is 19.5. The Bertz CT molecular complexity index is 1310. The quantitative estimate of drug-likeness (QED) is 0.350. The molecule has 3 heterocycles. The number of hydrogen-bond donors (Lipinski definition) is 0. The van der Waals surface area contributed by atoms with Crippen LogP contribution in [0.25, 0.3) is 22.7 Å². The Labute approximate surface area is 196 Å². The molecule has 0 N–H and O–H groups in total. The van der Waals surface area contributed by atoms with Crippen LogP contribution in [0.1, 0.15) is 37.0 Å². The molecule has 0 amide bonds. The lowest BCUT2D eigenvalue weighted by molar-refractivity contribution is 0.378. The van der Waals surface area contributed by atoms with Crippen molar-refractivity contribution in [1.82, 2.24) is 19.7 Å². The van der Waals surface area contributed by atoms with Crippen molar-refractivity contribution >= 4 is 23.2 Å². The first kappa shape index (κ1) is 21.0. The fraction of sp³-hybridized carbons (Fsp3) is 0.292. The summed E-state index contributed by atoms with van der Waals surface area (Å²) >= 11 is 12.5. The van der Waals surface area contributed by atoms with Gasteiger partial charge < -0.3 is 13.7 Å². The molecule has 0 spiro atoms. The van der Waals surface area contributed by atoms with Gasteiger partial charge in [-0.3, -0.25) is 0 Å². The Hall–Kier alpha value is -2.83. The van der Waals surface area contributed by atoms with Crippen LogP contribution in [0.15, 0.2) is 47.0 Å². The fourth-order valence-corrected chi connectivity index (χ4v) is 4.77. The molecule has 6 nitrogen and oxygen atoms in total. The number of fused-ring (bicyclic) bond motifs is 1. The largest absolute Gasteiger partial charge is 0.496 e. The monoisotopic (exact) mass is 468 g/mol. The van der Waals surface area contributed by atoms with Gasteiger partial charge in [-0.1, -0.05) is 35.3 Å². The van der Waals surface area contributed by atoms with E-state index in [0.717, 1.165) is 47.7 Å². The summed E-state index contributed by atoms with van der Waals surface area (Å²) < 4.78 is 13.5. The normalized spacial score (nSPS) is 17.9. The molecule has 0 fully saturated rings. The molecule has 164 valence electrons. The number of hydrogen-bond acceptors (Lipinski definition) is 5. The molecular formula is C24H22Cl2N4O2. The number of methoxy groups -OCH3 is 1. The van der Waals surface area contributed by atoms with Gasteiger partial charge in [0.05, 0.1) is 34.3 Å². The van der Waals surface area contributed by atoms with Crippen molar-refractivity contribution in [2.45, 2.75) is 38.6 Å². The zero-order valence-electron chi connectivity index (χ0n) is 18.0. The topological polar surface area (TPSA) is 66.0 Å². The average Bonchev–Trinajstić information content (AvgIpc) is 3.42. The van der Waals surface area contributed by atoms with E-state index in [1.807, 2.05) is 43.3 Å². The Morgan fingerprint density at radius 2 is 1.94 bits per heavy atom. The Morgan fingerprint density at radius 1 is 1.09 bits per heavy atom. The Kier molecular flexibility index (Phi) is 5.22. The maximum Gasteiger partial charge on any atom is 0.191 e. The van der Waals surface area contributed by atoms with Gasteiger partial charge in [-0.15, -0.1) is 10.2 Å². The van der Waals surface area contributed by atoms with E-state index in [1.165, 1.54) is 0 Å². The van der Waals surface area contributed by atoms with E-state index in [0.29, 0.717) is 27.4 Å². The fourth-order valence-electron chi connectivity index (χ4n) is 4.47. The van der Waals surface area contributed by atoms with Crippen LogP contribution in [0.4, 0.5) is 0 Å². The van der Waals surface area contributed by atoms with E-state index in [-0.39, 0.29) is 5.41 Å². The van der Waals surface area contributed by atoms with E-state index in [2.05, 4.69) is 26.7 Å². The third kappa shape index (κ3) is 3.38. The molecule has 8 heteroatoms. The molecule has 2 aromatic carbocycles. The summed E-state index contributed by atoms with van der Waals surface area (Å²) in [5.74, 6) is 3.70. The second kappa shape index (κ2) is 7.94.